The van der Waals surface area contributed by atoms with E-state index in [1.165, 1.54) is 6.26 Å². The number of ether oxygens (including phenoxy) is 2. The van der Waals surface area contributed by atoms with Gasteiger partial charge >= 0.3 is 5.97 Å². The van der Waals surface area contributed by atoms with Gasteiger partial charge in [-0.25, -0.2) is 0 Å². The fourth-order valence-electron chi connectivity index (χ4n) is 3.46. The Hall–Kier alpha value is -2.80. The van der Waals surface area contributed by atoms with Crippen LogP contribution in [0.3, 0.4) is 0 Å². The summed E-state index contributed by atoms with van der Waals surface area (Å²) in [5, 5.41) is 9.12. The second-order valence-corrected chi connectivity index (χ2v) is 6.96. The Balaban J connectivity index is 1.88. The maximum atomic E-state index is 13.4. The molecular formula is C21H25NO6. The SMILES string of the molecule is COc1cccc(CN(CC2CCCO2)C(=O)c2c(C)coc2CC(=O)O)c1. The number of nitrogens with zero attached hydrogens (tertiary/aromatic N) is 1. The summed E-state index contributed by atoms with van der Waals surface area (Å²) in [5.74, 6) is -0.395. The number of hydrogen-bond donors (Lipinski definition) is 1. The molecule has 0 radical (unpaired) electrons. The third kappa shape index (κ3) is 4.72. The van der Waals surface area contributed by atoms with Crippen LogP contribution < -0.4 is 4.74 Å². The van der Waals surface area contributed by atoms with E-state index in [4.69, 9.17) is 19.0 Å². The van der Waals surface area contributed by atoms with Crippen LogP contribution in [0.25, 0.3) is 0 Å². The van der Waals surface area contributed by atoms with Crippen LogP contribution in [0.4, 0.5) is 0 Å². The van der Waals surface area contributed by atoms with Gasteiger partial charge in [-0.15, -0.1) is 0 Å². The Labute approximate surface area is 163 Å². The van der Waals surface area contributed by atoms with Crippen molar-refractivity contribution in [1.82, 2.24) is 4.90 Å². The molecule has 1 aromatic heterocycles. The lowest BCUT2D eigenvalue weighted by molar-refractivity contribution is -0.136. The highest BCUT2D eigenvalue weighted by atomic mass is 16.5. The van der Waals surface area contributed by atoms with Crippen molar-refractivity contribution in [3.63, 3.8) is 0 Å². The quantitative estimate of drug-likeness (QED) is 0.749. The van der Waals surface area contributed by atoms with E-state index in [2.05, 4.69) is 0 Å². The van der Waals surface area contributed by atoms with Gasteiger partial charge in [-0.2, -0.15) is 0 Å². The second kappa shape index (κ2) is 8.93. The van der Waals surface area contributed by atoms with Gasteiger partial charge in [-0.05, 0) is 37.5 Å². The number of furan rings is 1. The molecule has 1 aliphatic rings. The number of carboxylic acids is 1. The largest absolute Gasteiger partial charge is 0.497 e. The van der Waals surface area contributed by atoms with Crippen LogP contribution in [0.15, 0.2) is 34.9 Å². The first-order valence-electron chi connectivity index (χ1n) is 9.30. The number of aryl methyl sites for hydroxylation is 1. The molecule has 1 aromatic carbocycles. The summed E-state index contributed by atoms with van der Waals surface area (Å²) >= 11 is 0. The minimum absolute atomic E-state index is 0.0234. The maximum Gasteiger partial charge on any atom is 0.311 e. The van der Waals surface area contributed by atoms with Crippen LogP contribution in [0.1, 0.15) is 40.1 Å². The Morgan fingerprint density at radius 3 is 2.86 bits per heavy atom. The van der Waals surface area contributed by atoms with E-state index in [1.54, 1.807) is 18.9 Å². The Kier molecular flexibility index (Phi) is 6.36. The summed E-state index contributed by atoms with van der Waals surface area (Å²) in [7, 11) is 1.60. The molecule has 7 nitrogen and oxygen atoms in total. The number of rotatable bonds is 8. The summed E-state index contributed by atoms with van der Waals surface area (Å²) in [4.78, 5) is 26.2. The molecule has 7 heteroatoms. The van der Waals surface area contributed by atoms with E-state index in [1.807, 2.05) is 24.3 Å². The van der Waals surface area contributed by atoms with Crippen molar-refractivity contribution in [1.29, 1.82) is 0 Å². The molecule has 1 saturated heterocycles. The molecule has 1 amide bonds. The highest BCUT2D eigenvalue weighted by Crippen LogP contribution is 2.24. The van der Waals surface area contributed by atoms with E-state index in [-0.39, 0.29) is 24.2 Å². The number of carboxylic acid groups (broad SMARTS) is 1. The first kappa shape index (κ1) is 19.9. The van der Waals surface area contributed by atoms with Crippen molar-refractivity contribution in [3.8, 4) is 5.75 Å². The molecule has 1 aliphatic heterocycles. The lowest BCUT2D eigenvalue weighted by Gasteiger charge is -2.26. The third-order valence-electron chi connectivity index (χ3n) is 4.82. The zero-order chi connectivity index (χ0) is 20.1. The Bertz CT molecular complexity index is 837. The first-order valence-corrected chi connectivity index (χ1v) is 9.30. The minimum Gasteiger partial charge on any atom is -0.497 e. The topological polar surface area (TPSA) is 89.2 Å². The van der Waals surface area contributed by atoms with Gasteiger partial charge in [0.1, 0.15) is 17.9 Å². The molecule has 0 saturated carbocycles. The predicted molar refractivity (Wildman–Crippen MR) is 101 cm³/mol. The minimum atomic E-state index is -1.04. The molecule has 150 valence electrons. The number of amides is 1. The third-order valence-corrected chi connectivity index (χ3v) is 4.82. The standard InChI is InChI=1S/C21H25NO6/c1-14-13-28-18(10-19(23)24)20(14)21(25)22(12-17-7-4-8-27-17)11-15-5-3-6-16(9-15)26-2/h3,5-6,9,13,17H,4,7-8,10-12H2,1-2H3,(H,23,24). The van der Waals surface area contributed by atoms with Crippen molar-refractivity contribution in [3.05, 3.63) is 53.0 Å². The molecule has 1 fully saturated rings. The van der Waals surface area contributed by atoms with Crippen molar-refractivity contribution in [2.75, 3.05) is 20.3 Å². The number of methoxy groups -OCH3 is 1. The number of carbonyl (C=O) groups excluding carboxylic acids is 1. The van der Waals surface area contributed by atoms with Gasteiger partial charge in [0, 0.05) is 25.3 Å². The number of aliphatic carboxylic acids is 1. The smallest absolute Gasteiger partial charge is 0.311 e. The fourth-order valence-corrected chi connectivity index (χ4v) is 3.46. The highest BCUT2D eigenvalue weighted by Gasteiger charge is 2.28. The lowest BCUT2D eigenvalue weighted by atomic mass is 10.1. The molecule has 2 aromatic rings. The van der Waals surface area contributed by atoms with Crippen LogP contribution in [-0.4, -0.2) is 48.2 Å². The van der Waals surface area contributed by atoms with Gasteiger partial charge in [0.2, 0.25) is 0 Å². The Morgan fingerprint density at radius 2 is 2.18 bits per heavy atom. The van der Waals surface area contributed by atoms with Crippen molar-refractivity contribution < 1.29 is 28.6 Å². The van der Waals surface area contributed by atoms with Crippen molar-refractivity contribution in [2.45, 2.75) is 38.8 Å². The van der Waals surface area contributed by atoms with Gasteiger partial charge in [0.25, 0.3) is 5.91 Å². The van der Waals surface area contributed by atoms with Gasteiger partial charge in [-0.3, -0.25) is 9.59 Å². The van der Waals surface area contributed by atoms with Crippen molar-refractivity contribution >= 4 is 11.9 Å². The normalized spacial score (nSPS) is 16.1. The van der Waals surface area contributed by atoms with E-state index in [9.17, 15) is 9.59 Å². The Morgan fingerprint density at radius 1 is 1.36 bits per heavy atom. The summed E-state index contributed by atoms with van der Waals surface area (Å²) in [6.45, 7) is 3.25. The van der Waals surface area contributed by atoms with E-state index < -0.39 is 5.97 Å². The summed E-state index contributed by atoms with van der Waals surface area (Å²) in [6.07, 6.45) is 2.95. The first-order chi connectivity index (χ1) is 13.5. The van der Waals surface area contributed by atoms with Gasteiger partial charge < -0.3 is 23.9 Å². The van der Waals surface area contributed by atoms with Gasteiger partial charge in [-0.1, -0.05) is 12.1 Å². The van der Waals surface area contributed by atoms with E-state index in [0.717, 1.165) is 18.4 Å². The van der Waals surface area contributed by atoms with Crippen LogP contribution in [0.5, 0.6) is 5.75 Å². The lowest BCUT2D eigenvalue weighted by Crippen LogP contribution is -2.37. The van der Waals surface area contributed by atoms with Gasteiger partial charge in [0.15, 0.2) is 0 Å². The fraction of sp³-hybridized carbons (Fsp3) is 0.429. The van der Waals surface area contributed by atoms with Crippen LogP contribution in [0.2, 0.25) is 0 Å². The molecule has 1 unspecified atom stereocenters. The zero-order valence-electron chi connectivity index (χ0n) is 16.1. The van der Waals surface area contributed by atoms with Crippen LogP contribution >= 0.6 is 0 Å². The molecule has 1 N–H and O–H groups in total. The van der Waals surface area contributed by atoms with E-state index >= 15 is 0 Å². The summed E-state index contributed by atoms with van der Waals surface area (Å²) in [6, 6.07) is 7.54. The molecule has 28 heavy (non-hydrogen) atoms. The zero-order valence-corrected chi connectivity index (χ0v) is 16.1. The van der Waals surface area contributed by atoms with Gasteiger partial charge in [0.05, 0.1) is 25.0 Å². The average Bonchev–Trinajstić information content (AvgIpc) is 3.30. The monoisotopic (exact) mass is 387 g/mol. The molecule has 3 rings (SSSR count). The molecule has 0 bridgehead atoms. The second-order valence-electron chi connectivity index (χ2n) is 6.96. The molecule has 0 spiro atoms. The summed E-state index contributed by atoms with van der Waals surface area (Å²) in [5.41, 5.74) is 1.87. The molecule has 2 heterocycles. The highest BCUT2D eigenvalue weighted by molar-refractivity contribution is 5.97. The predicted octanol–water partition coefficient (Wildman–Crippen LogP) is 3.05. The molecule has 0 aliphatic carbocycles. The number of hydrogen-bond acceptors (Lipinski definition) is 5. The van der Waals surface area contributed by atoms with Crippen LogP contribution in [-0.2, 0) is 22.5 Å². The number of benzene rings is 1. The maximum absolute atomic E-state index is 13.4. The van der Waals surface area contributed by atoms with Crippen LogP contribution in [0, 0.1) is 6.92 Å². The number of carbonyl (C=O) groups is 2. The average molecular weight is 387 g/mol. The molecule has 1 atom stereocenters. The molecular weight excluding hydrogens is 362 g/mol. The van der Waals surface area contributed by atoms with Crippen molar-refractivity contribution in [2.24, 2.45) is 0 Å². The van der Waals surface area contributed by atoms with E-state index in [0.29, 0.717) is 36.6 Å². The summed E-state index contributed by atoms with van der Waals surface area (Å²) < 4.78 is 16.4.